The van der Waals surface area contributed by atoms with E-state index in [1.807, 2.05) is 24.3 Å². The lowest BCUT2D eigenvalue weighted by molar-refractivity contribution is -0.121. The Morgan fingerprint density at radius 1 is 1.10 bits per heavy atom. The van der Waals surface area contributed by atoms with Crippen molar-refractivity contribution in [2.24, 2.45) is 0 Å². The van der Waals surface area contributed by atoms with E-state index in [0.717, 1.165) is 55.9 Å². The molecule has 2 aromatic carbocycles. The van der Waals surface area contributed by atoms with E-state index in [-0.39, 0.29) is 17.9 Å². The van der Waals surface area contributed by atoms with Gasteiger partial charge in [0.2, 0.25) is 11.8 Å². The van der Waals surface area contributed by atoms with Gasteiger partial charge >= 0.3 is 0 Å². The summed E-state index contributed by atoms with van der Waals surface area (Å²) in [5, 5.41) is 6.16. The van der Waals surface area contributed by atoms with Crippen molar-refractivity contribution in [3.8, 4) is 5.75 Å². The summed E-state index contributed by atoms with van der Waals surface area (Å²) in [7, 11) is 1.64. The fourth-order valence-electron chi connectivity index (χ4n) is 4.22. The second-order valence-electron chi connectivity index (χ2n) is 8.18. The van der Waals surface area contributed by atoms with Crippen LogP contribution < -0.4 is 15.4 Å². The number of methoxy groups -OCH3 is 1. The Morgan fingerprint density at radius 3 is 2.57 bits per heavy atom. The molecule has 158 valence electrons. The number of ether oxygens (including phenoxy) is 1. The first-order valence-corrected chi connectivity index (χ1v) is 10.7. The van der Waals surface area contributed by atoms with Crippen LogP contribution in [0.25, 0.3) is 0 Å². The number of rotatable bonds is 6. The number of nitrogens with zero attached hydrogens (tertiary/aromatic N) is 1. The smallest absolute Gasteiger partial charge is 0.224 e. The van der Waals surface area contributed by atoms with E-state index in [0.29, 0.717) is 12.8 Å². The van der Waals surface area contributed by atoms with Gasteiger partial charge in [-0.15, -0.1) is 0 Å². The van der Waals surface area contributed by atoms with Gasteiger partial charge in [-0.05, 0) is 54.2 Å². The number of nitrogens with one attached hydrogen (secondary N) is 2. The number of hydrogen-bond acceptors (Lipinski definition) is 4. The van der Waals surface area contributed by atoms with E-state index < -0.39 is 0 Å². The van der Waals surface area contributed by atoms with Crippen molar-refractivity contribution < 1.29 is 14.3 Å². The van der Waals surface area contributed by atoms with Gasteiger partial charge in [-0.1, -0.05) is 24.3 Å². The Hall–Kier alpha value is -2.86. The molecule has 6 heteroatoms. The van der Waals surface area contributed by atoms with Gasteiger partial charge in [-0.3, -0.25) is 14.5 Å². The fourth-order valence-corrected chi connectivity index (χ4v) is 4.22. The van der Waals surface area contributed by atoms with Crippen LogP contribution in [0.2, 0.25) is 0 Å². The van der Waals surface area contributed by atoms with E-state index in [1.165, 1.54) is 11.1 Å². The van der Waals surface area contributed by atoms with Crippen LogP contribution in [0.5, 0.6) is 5.75 Å². The monoisotopic (exact) mass is 407 g/mol. The molecule has 2 N–H and O–H groups in total. The first-order valence-electron chi connectivity index (χ1n) is 10.7. The zero-order chi connectivity index (χ0) is 20.9. The molecule has 0 saturated carbocycles. The van der Waals surface area contributed by atoms with Crippen molar-refractivity contribution in [3.05, 3.63) is 59.2 Å². The average molecular weight is 408 g/mol. The first-order chi connectivity index (χ1) is 14.6. The standard InChI is InChI=1S/C24H29N3O3/c1-30-21-7-3-17(4-8-21)15-24(29)25-20-10-12-27(13-11-20)16-18-2-5-19-6-9-23(28)26-22(19)14-18/h2-5,7-8,14,20H,6,9-13,15-16H2,1H3,(H,25,29)(H,26,28). The summed E-state index contributed by atoms with van der Waals surface area (Å²) >= 11 is 0. The number of hydrogen-bond donors (Lipinski definition) is 2. The summed E-state index contributed by atoms with van der Waals surface area (Å²) in [6.07, 6.45) is 3.70. The summed E-state index contributed by atoms with van der Waals surface area (Å²) < 4.78 is 5.16. The molecular formula is C24H29N3O3. The zero-order valence-corrected chi connectivity index (χ0v) is 17.4. The third-order valence-corrected chi connectivity index (χ3v) is 5.95. The molecule has 2 heterocycles. The van der Waals surface area contributed by atoms with E-state index >= 15 is 0 Å². The lowest BCUT2D eigenvalue weighted by Gasteiger charge is -2.32. The molecule has 2 aromatic rings. The number of amides is 2. The second kappa shape index (κ2) is 9.30. The molecular weight excluding hydrogens is 378 g/mol. The average Bonchev–Trinajstić information content (AvgIpc) is 2.75. The largest absolute Gasteiger partial charge is 0.497 e. The number of benzene rings is 2. The van der Waals surface area contributed by atoms with E-state index in [1.54, 1.807) is 7.11 Å². The van der Waals surface area contributed by atoms with Crippen molar-refractivity contribution in [1.82, 2.24) is 10.2 Å². The topological polar surface area (TPSA) is 70.7 Å². The van der Waals surface area contributed by atoms with Crippen LogP contribution in [-0.2, 0) is 29.0 Å². The van der Waals surface area contributed by atoms with Crippen LogP contribution in [0.3, 0.4) is 0 Å². The highest BCUT2D eigenvalue weighted by Crippen LogP contribution is 2.25. The Bertz CT molecular complexity index is 902. The van der Waals surface area contributed by atoms with Crippen LogP contribution in [0.15, 0.2) is 42.5 Å². The maximum Gasteiger partial charge on any atom is 0.224 e. The molecule has 1 fully saturated rings. The first kappa shape index (κ1) is 20.4. The number of aryl methyl sites for hydroxylation is 1. The number of carbonyl (C=O) groups is 2. The van der Waals surface area contributed by atoms with Crippen molar-refractivity contribution in [2.45, 2.75) is 44.7 Å². The molecule has 0 atom stereocenters. The Kier molecular flexibility index (Phi) is 6.33. The van der Waals surface area contributed by atoms with E-state index in [4.69, 9.17) is 4.74 Å². The van der Waals surface area contributed by atoms with Crippen LogP contribution >= 0.6 is 0 Å². The predicted octanol–water partition coefficient (Wildman–Crippen LogP) is 2.90. The van der Waals surface area contributed by atoms with Gasteiger partial charge in [-0.25, -0.2) is 0 Å². The number of likely N-dealkylation sites (tertiary alicyclic amines) is 1. The maximum absolute atomic E-state index is 12.4. The molecule has 0 unspecified atom stereocenters. The number of fused-ring (bicyclic) bond motifs is 1. The van der Waals surface area contributed by atoms with Gasteiger partial charge in [0.15, 0.2) is 0 Å². The van der Waals surface area contributed by atoms with Crippen molar-refractivity contribution in [3.63, 3.8) is 0 Å². The van der Waals surface area contributed by atoms with Gasteiger partial charge in [0.25, 0.3) is 0 Å². The summed E-state index contributed by atoms with van der Waals surface area (Å²) in [6, 6.07) is 14.3. The molecule has 2 aliphatic heterocycles. The minimum atomic E-state index is 0.0732. The zero-order valence-electron chi connectivity index (χ0n) is 17.4. The minimum absolute atomic E-state index is 0.0732. The maximum atomic E-state index is 12.4. The number of piperidine rings is 1. The molecule has 0 aromatic heterocycles. The van der Waals surface area contributed by atoms with E-state index in [9.17, 15) is 9.59 Å². The summed E-state index contributed by atoms with van der Waals surface area (Å²) in [5.41, 5.74) is 4.39. The van der Waals surface area contributed by atoms with Gasteiger partial charge in [0.1, 0.15) is 5.75 Å². The highest BCUT2D eigenvalue weighted by atomic mass is 16.5. The van der Waals surface area contributed by atoms with Crippen molar-refractivity contribution in [2.75, 3.05) is 25.5 Å². The predicted molar refractivity (Wildman–Crippen MR) is 117 cm³/mol. The summed E-state index contributed by atoms with van der Waals surface area (Å²) in [4.78, 5) is 26.4. The van der Waals surface area contributed by atoms with Crippen LogP contribution in [-0.4, -0.2) is 43.0 Å². The number of anilines is 1. The van der Waals surface area contributed by atoms with E-state index in [2.05, 4.69) is 33.7 Å². The summed E-state index contributed by atoms with van der Waals surface area (Å²) in [6.45, 7) is 2.78. The number of carbonyl (C=O) groups excluding carboxylic acids is 2. The normalized spacial score (nSPS) is 17.2. The Balaban J connectivity index is 1.23. The SMILES string of the molecule is COc1ccc(CC(=O)NC2CCN(Cc3ccc4c(c3)NC(=O)CC4)CC2)cc1. The third kappa shape index (κ3) is 5.19. The van der Waals surface area contributed by atoms with Gasteiger partial charge in [0.05, 0.1) is 13.5 Å². The minimum Gasteiger partial charge on any atom is -0.497 e. The second-order valence-corrected chi connectivity index (χ2v) is 8.18. The lowest BCUT2D eigenvalue weighted by Crippen LogP contribution is -2.44. The summed E-state index contributed by atoms with van der Waals surface area (Å²) in [5.74, 6) is 0.975. The fraction of sp³-hybridized carbons (Fsp3) is 0.417. The van der Waals surface area contributed by atoms with Crippen molar-refractivity contribution >= 4 is 17.5 Å². The lowest BCUT2D eigenvalue weighted by atomic mass is 9.99. The Morgan fingerprint density at radius 2 is 1.83 bits per heavy atom. The van der Waals surface area contributed by atoms with Crippen LogP contribution in [0.4, 0.5) is 5.69 Å². The van der Waals surface area contributed by atoms with Gasteiger partial charge < -0.3 is 15.4 Å². The highest BCUT2D eigenvalue weighted by molar-refractivity contribution is 5.93. The van der Waals surface area contributed by atoms with Crippen molar-refractivity contribution in [1.29, 1.82) is 0 Å². The molecule has 0 spiro atoms. The third-order valence-electron chi connectivity index (χ3n) is 5.95. The highest BCUT2D eigenvalue weighted by Gasteiger charge is 2.21. The molecule has 0 bridgehead atoms. The molecule has 4 rings (SSSR count). The quantitative estimate of drug-likeness (QED) is 0.773. The van der Waals surface area contributed by atoms with Gasteiger partial charge in [-0.2, -0.15) is 0 Å². The Labute approximate surface area is 177 Å². The molecule has 30 heavy (non-hydrogen) atoms. The molecule has 0 aliphatic carbocycles. The molecule has 0 radical (unpaired) electrons. The van der Waals surface area contributed by atoms with Crippen LogP contribution in [0.1, 0.15) is 36.0 Å². The molecule has 6 nitrogen and oxygen atoms in total. The van der Waals surface area contributed by atoms with Crippen LogP contribution in [0, 0.1) is 0 Å². The molecule has 2 aliphatic rings. The van der Waals surface area contributed by atoms with Gasteiger partial charge in [0, 0.05) is 37.8 Å². The molecule has 1 saturated heterocycles. The molecule has 2 amide bonds.